The van der Waals surface area contributed by atoms with Crippen molar-refractivity contribution >= 4 is 35.2 Å². The van der Waals surface area contributed by atoms with E-state index in [0.717, 1.165) is 30.5 Å². The predicted molar refractivity (Wildman–Crippen MR) is 113 cm³/mol. The molecule has 0 radical (unpaired) electrons. The third-order valence-corrected chi connectivity index (χ3v) is 5.18. The van der Waals surface area contributed by atoms with Gasteiger partial charge in [0.25, 0.3) is 0 Å². The molecule has 4 atom stereocenters. The molecule has 1 aliphatic heterocycles. The first-order valence-electron chi connectivity index (χ1n) is 9.93. The minimum Gasteiger partial charge on any atom is -0.463 e. The lowest BCUT2D eigenvalue weighted by atomic mass is 10.1. The number of aromatic nitrogens is 3. The van der Waals surface area contributed by atoms with Gasteiger partial charge in [-0.25, -0.2) is 9.48 Å². The lowest BCUT2D eigenvalue weighted by Gasteiger charge is -2.23. The largest absolute Gasteiger partial charge is 0.463 e. The monoisotopic (exact) mass is 491 g/mol. The number of hydrogen-bond donors (Lipinski definition) is 0. The third kappa shape index (κ3) is 5.97. The molecule has 3 rings (SSSR count). The van der Waals surface area contributed by atoms with E-state index < -0.39 is 48.4 Å². The number of thiophene rings is 1. The van der Waals surface area contributed by atoms with Crippen LogP contribution in [-0.2, 0) is 38.1 Å². The highest BCUT2D eigenvalue weighted by molar-refractivity contribution is 7.10. The van der Waals surface area contributed by atoms with Gasteiger partial charge in [0.15, 0.2) is 18.4 Å². The number of esters is 4. The zero-order chi connectivity index (χ0) is 24.8. The molecule has 2 aromatic heterocycles. The van der Waals surface area contributed by atoms with Gasteiger partial charge >= 0.3 is 23.9 Å². The quantitative estimate of drug-likeness (QED) is 0.322. The molecule has 0 saturated carbocycles. The Labute approximate surface area is 198 Å². The highest BCUT2D eigenvalue weighted by Crippen LogP contribution is 2.35. The van der Waals surface area contributed by atoms with E-state index >= 15 is 0 Å². The number of carbonyl (C=O) groups excluding carboxylic acids is 4. The molecular weight excluding hydrogens is 470 g/mol. The average molecular weight is 491 g/mol. The van der Waals surface area contributed by atoms with Crippen LogP contribution in [0.15, 0.2) is 17.5 Å². The molecule has 0 N–H and O–H groups in total. The zero-order valence-corrected chi connectivity index (χ0v) is 19.5. The molecule has 180 valence electrons. The number of rotatable bonds is 6. The van der Waals surface area contributed by atoms with Gasteiger partial charge in [0.2, 0.25) is 11.6 Å². The van der Waals surface area contributed by atoms with E-state index in [2.05, 4.69) is 21.9 Å². The van der Waals surface area contributed by atoms with Crippen LogP contribution < -0.4 is 0 Å². The molecular formula is C21H21N3O9S. The molecule has 0 bridgehead atoms. The fourth-order valence-corrected chi connectivity index (χ4v) is 3.71. The Morgan fingerprint density at radius 2 is 1.79 bits per heavy atom. The summed E-state index contributed by atoms with van der Waals surface area (Å²) < 4.78 is 27.4. The Morgan fingerprint density at radius 1 is 1.09 bits per heavy atom. The maximum atomic E-state index is 12.4. The van der Waals surface area contributed by atoms with Crippen LogP contribution in [-0.4, -0.2) is 70.7 Å². The van der Waals surface area contributed by atoms with Gasteiger partial charge in [0, 0.05) is 20.8 Å². The van der Waals surface area contributed by atoms with E-state index in [1.54, 1.807) is 6.07 Å². The SMILES string of the molecule is COC(=O)c1nc(C#Cc2cccs2)nn1[C@@H]1O[C@H](COC(C)=O)[C@@H](OC(C)=O)[C@H]1OC(C)=O. The number of carbonyl (C=O) groups is 4. The second kappa shape index (κ2) is 10.9. The predicted octanol–water partition coefficient (Wildman–Crippen LogP) is 0.850. The summed E-state index contributed by atoms with van der Waals surface area (Å²) in [6.07, 6.45) is -4.71. The Morgan fingerprint density at radius 3 is 2.38 bits per heavy atom. The standard InChI is InChI=1S/C21H21N3O9S/c1-11(25)30-10-15-17(31-12(2)26)18(32-13(3)27)20(33-15)24-19(21(28)29-4)22-16(23-24)8-7-14-6-5-9-34-14/h5-6,9,15,17-18,20H,10H2,1-4H3/t15-,17-,18-,20-/m1/s1. The Hall–Kier alpha value is -3.76. The Kier molecular flexibility index (Phi) is 7.98. The van der Waals surface area contributed by atoms with E-state index in [1.165, 1.54) is 18.3 Å². The van der Waals surface area contributed by atoms with Gasteiger partial charge in [0.05, 0.1) is 12.0 Å². The van der Waals surface area contributed by atoms with Crippen LogP contribution in [0.1, 0.15) is 48.3 Å². The summed E-state index contributed by atoms with van der Waals surface area (Å²) in [6, 6.07) is 3.63. The average Bonchev–Trinajstić information content (AvgIpc) is 3.50. The van der Waals surface area contributed by atoms with Crippen molar-refractivity contribution in [2.24, 2.45) is 0 Å². The summed E-state index contributed by atoms with van der Waals surface area (Å²) in [5.41, 5.74) is 0. The zero-order valence-electron chi connectivity index (χ0n) is 18.7. The molecule has 0 spiro atoms. The van der Waals surface area contributed by atoms with Crippen LogP contribution in [0.3, 0.4) is 0 Å². The van der Waals surface area contributed by atoms with Gasteiger partial charge in [-0.2, -0.15) is 4.98 Å². The summed E-state index contributed by atoms with van der Waals surface area (Å²) in [6.45, 7) is 3.20. The number of nitrogens with zero attached hydrogens (tertiary/aromatic N) is 3. The first-order chi connectivity index (χ1) is 16.2. The number of ether oxygens (including phenoxy) is 5. The fourth-order valence-electron chi connectivity index (χ4n) is 3.14. The Bertz CT molecular complexity index is 1130. The molecule has 0 unspecified atom stereocenters. The van der Waals surface area contributed by atoms with Crippen molar-refractivity contribution in [1.29, 1.82) is 0 Å². The van der Waals surface area contributed by atoms with Crippen molar-refractivity contribution in [3.8, 4) is 11.8 Å². The second-order valence-electron chi connectivity index (χ2n) is 6.94. The van der Waals surface area contributed by atoms with Crippen molar-refractivity contribution in [3.05, 3.63) is 34.0 Å². The van der Waals surface area contributed by atoms with Crippen LogP contribution >= 0.6 is 11.3 Å². The molecule has 1 saturated heterocycles. The maximum absolute atomic E-state index is 12.4. The van der Waals surface area contributed by atoms with Gasteiger partial charge in [-0.05, 0) is 23.3 Å². The van der Waals surface area contributed by atoms with Crippen LogP contribution in [0.2, 0.25) is 0 Å². The molecule has 1 fully saturated rings. The van der Waals surface area contributed by atoms with Crippen molar-refractivity contribution < 1.29 is 42.9 Å². The summed E-state index contributed by atoms with van der Waals surface area (Å²) in [5.74, 6) is 2.48. The maximum Gasteiger partial charge on any atom is 0.375 e. The Balaban J connectivity index is 2.04. The fraction of sp³-hybridized carbons (Fsp3) is 0.429. The second-order valence-corrected chi connectivity index (χ2v) is 7.89. The molecule has 13 heteroatoms. The lowest BCUT2D eigenvalue weighted by Crippen LogP contribution is -2.41. The van der Waals surface area contributed by atoms with Crippen LogP contribution in [0.25, 0.3) is 0 Å². The van der Waals surface area contributed by atoms with E-state index in [0.29, 0.717) is 0 Å². The van der Waals surface area contributed by atoms with Gasteiger partial charge in [-0.15, -0.1) is 16.4 Å². The third-order valence-electron chi connectivity index (χ3n) is 4.40. The topological polar surface area (TPSA) is 145 Å². The summed E-state index contributed by atoms with van der Waals surface area (Å²) >= 11 is 1.41. The summed E-state index contributed by atoms with van der Waals surface area (Å²) in [7, 11) is 1.16. The van der Waals surface area contributed by atoms with Crippen LogP contribution in [0, 0.1) is 11.8 Å². The molecule has 0 amide bonds. The molecule has 1 aliphatic rings. The molecule has 34 heavy (non-hydrogen) atoms. The van der Waals surface area contributed by atoms with Crippen molar-refractivity contribution in [2.45, 2.75) is 45.3 Å². The van der Waals surface area contributed by atoms with E-state index in [9.17, 15) is 19.2 Å². The first-order valence-corrected chi connectivity index (χ1v) is 10.8. The smallest absolute Gasteiger partial charge is 0.375 e. The van der Waals surface area contributed by atoms with E-state index in [1.807, 2.05) is 11.4 Å². The number of methoxy groups -OCH3 is 1. The lowest BCUT2D eigenvalue weighted by molar-refractivity contribution is -0.166. The minimum absolute atomic E-state index is 0.0218. The highest BCUT2D eigenvalue weighted by atomic mass is 32.1. The molecule has 0 aliphatic carbocycles. The minimum atomic E-state index is -1.27. The van der Waals surface area contributed by atoms with Crippen LogP contribution in [0.5, 0.6) is 0 Å². The van der Waals surface area contributed by atoms with E-state index in [4.69, 9.17) is 23.7 Å². The summed E-state index contributed by atoms with van der Waals surface area (Å²) in [5, 5.41) is 6.08. The molecule has 0 aromatic carbocycles. The normalized spacial score (nSPS) is 21.2. The molecule has 3 heterocycles. The first kappa shape index (κ1) is 24.9. The van der Waals surface area contributed by atoms with Crippen LogP contribution in [0.4, 0.5) is 0 Å². The number of hydrogen-bond acceptors (Lipinski definition) is 12. The molecule has 12 nitrogen and oxygen atoms in total. The van der Waals surface area contributed by atoms with Crippen molar-refractivity contribution in [1.82, 2.24) is 14.8 Å². The van der Waals surface area contributed by atoms with Gasteiger partial charge in [-0.3, -0.25) is 14.4 Å². The van der Waals surface area contributed by atoms with Crippen molar-refractivity contribution in [2.75, 3.05) is 13.7 Å². The summed E-state index contributed by atoms with van der Waals surface area (Å²) in [4.78, 5) is 52.2. The van der Waals surface area contributed by atoms with Gasteiger partial charge in [0.1, 0.15) is 12.7 Å². The highest BCUT2D eigenvalue weighted by Gasteiger charge is 2.52. The molecule has 2 aromatic rings. The van der Waals surface area contributed by atoms with Gasteiger partial charge < -0.3 is 23.7 Å². The van der Waals surface area contributed by atoms with E-state index in [-0.39, 0.29) is 18.3 Å². The van der Waals surface area contributed by atoms with Crippen molar-refractivity contribution in [3.63, 3.8) is 0 Å². The van der Waals surface area contributed by atoms with Gasteiger partial charge in [-0.1, -0.05) is 6.07 Å².